The highest BCUT2D eigenvalue weighted by molar-refractivity contribution is 5.96. The minimum Gasteiger partial charge on any atom is -0.492 e. The number of esters is 1. The largest absolute Gasteiger partial charge is 0.492 e. The Labute approximate surface area is 374 Å². The smallest absolute Gasteiger partial charge is 0.408 e. The van der Waals surface area contributed by atoms with Crippen LogP contribution in [0.2, 0.25) is 0 Å². The van der Waals surface area contributed by atoms with Crippen LogP contribution in [0.25, 0.3) is 16.7 Å². The molecule has 3 aromatic rings. The molecule has 3 aliphatic heterocycles. The van der Waals surface area contributed by atoms with Crippen molar-refractivity contribution in [3.63, 3.8) is 0 Å². The quantitative estimate of drug-likeness (QED) is 0.207. The maximum atomic E-state index is 14.8. The third-order valence-corrected chi connectivity index (χ3v) is 14.0. The number of carbonyl (C=O) groups is 4. The van der Waals surface area contributed by atoms with Crippen LogP contribution in [0, 0.1) is 17.8 Å². The summed E-state index contributed by atoms with van der Waals surface area (Å²) in [4.78, 5) is 65.0. The van der Waals surface area contributed by atoms with Gasteiger partial charge < -0.3 is 44.5 Å². The number of methoxy groups -OCH3 is 1. The second kappa shape index (κ2) is 19.1. The molecule has 8 atom stereocenters. The number of alkyl carbamates (subject to hydrolysis) is 1. The molecule has 17 heteroatoms. The van der Waals surface area contributed by atoms with E-state index in [4.69, 9.17) is 33.8 Å². The molecule has 9 rings (SSSR count). The van der Waals surface area contributed by atoms with Crippen LogP contribution in [0.4, 0.5) is 10.6 Å². The molecular formula is C47H64N8O9. The van der Waals surface area contributed by atoms with Gasteiger partial charge in [0, 0.05) is 61.9 Å². The SMILES string of the molecule is COC(=O)[C@@]12C[C@H]1CCCCCCC[C@H](NC(=O)OC1C[C@@H]3C[C@@H]3C1)C(=O)N1C[C@H](Oc3cc(-n4ccc(NC(C)C)n4)nc4cc(OCCN5CCOCC5)ccc34)C[C@H]1C(=O)N2. The van der Waals surface area contributed by atoms with E-state index >= 15 is 0 Å². The zero-order chi connectivity index (χ0) is 44.4. The molecule has 0 radical (unpaired) electrons. The van der Waals surface area contributed by atoms with E-state index in [0.29, 0.717) is 73.1 Å². The number of hydrogen-bond donors (Lipinski definition) is 3. The van der Waals surface area contributed by atoms with Crippen molar-refractivity contribution in [1.82, 2.24) is 35.2 Å². The summed E-state index contributed by atoms with van der Waals surface area (Å²) in [5.74, 6) is 2.26. The summed E-state index contributed by atoms with van der Waals surface area (Å²) < 4.78 is 31.4. The summed E-state index contributed by atoms with van der Waals surface area (Å²) in [6.07, 6.45) is 9.62. The Morgan fingerprint density at radius 3 is 2.53 bits per heavy atom. The van der Waals surface area contributed by atoms with Gasteiger partial charge in [-0.2, -0.15) is 0 Å². The maximum absolute atomic E-state index is 14.8. The molecular weight excluding hydrogens is 821 g/mol. The highest BCUT2D eigenvalue weighted by Gasteiger charge is 2.62. The fraction of sp³-hybridized carbons (Fsp3) is 0.660. The van der Waals surface area contributed by atoms with Crippen molar-refractivity contribution in [2.45, 2.75) is 127 Å². The number of rotatable bonds is 12. The topological polar surface area (TPSA) is 188 Å². The van der Waals surface area contributed by atoms with E-state index in [1.54, 1.807) is 4.68 Å². The van der Waals surface area contributed by atoms with Gasteiger partial charge in [0.2, 0.25) is 11.8 Å². The lowest BCUT2D eigenvalue weighted by Crippen LogP contribution is -2.56. The van der Waals surface area contributed by atoms with Gasteiger partial charge >= 0.3 is 12.1 Å². The molecule has 3 saturated heterocycles. The summed E-state index contributed by atoms with van der Waals surface area (Å²) in [7, 11) is 1.34. The number of anilines is 1. The van der Waals surface area contributed by atoms with Gasteiger partial charge in [0.05, 0.1) is 32.4 Å². The molecule has 3 amide bonds. The third kappa shape index (κ3) is 10.0. The first kappa shape index (κ1) is 44.1. The highest BCUT2D eigenvalue weighted by atomic mass is 16.6. The number of ether oxygens (including phenoxy) is 5. The van der Waals surface area contributed by atoms with Crippen molar-refractivity contribution >= 4 is 40.6 Å². The van der Waals surface area contributed by atoms with Gasteiger partial charge in [0.25, 0.3) is 0 Å². The number of amides is 3. The van der Waals surface area contributed by atoms with Crippen molar-refractivity contribution in [1.29, 1.82) is 0 Å². The average molecular weight is 885 g/mol. The average Bonchev–Trinajstić information content (AvgIpc) is 3.93. The van der Waals surface area contributed by atoms with E-state index in [1.165, 1.54) is 18.4 Å². The van der Waals surface area contributed by atoms with Crippen LogP contribution in [-0.2, 0) is 28.6 Å². The molecule has 1 aromatic carbocycles. The second-order valence-corrected chi connectivity index (χ2v) is 19.0. The fourth-order valence-corrected chi connectivity index (χ4v) is 10.4. The first-order chi connectivity index (χ1) is 31.0. The van der Waals surface area contributed by atoms with Crippen LogP contribution in [0.15, 0.2) is 36.5 Å². The molecule has 64 heavy (non-hydrogen) atoms. The number of fused-ring (bicyclic) bond motifs is 4. The zero-order valence-electron chi connectivity index (χ0n) is 37.4. The van der Waals surface area contributed by atoms with E-state index in [1.807, 2.05) is 50.4 Å². The minimum absolute atomic E-state index is 0.0502. The van der Waals surface area contributed by atoms with Gasteiger partial charge in [-0.15, -0.1) is 5.10 Å². The van der Waals surface area contributed by atoms with E-state index in [0.717, 1.165) is 76.4 Å². The number of benzene rings is 1. The first-order valence-corrected chi connectivity index (χ1v) is 23.6. The fourth-order valence-electron chi connectivity index (χ4n) is 10.4. The summed E-state index contributed by atoms with van der Waals surface area (Å²) in [5.41, 5.74) is -0.525. The normalized spacial score (nSPS) is 29.7. The molecule has 3 aliphatic carbocycles. The Hall–Kier alpha value is -5.16. The molecule has 3 N–H and O–H groups in total. The summed E-state index contributed by atoms with van der Waals surface area (Å²) in [6.45, 7) is 8.59. The van der Waals surface area contributed by atoms with E-state index in [2.05, 4.69) is 20.9 Å². The Balaban J connectivity index is 0.997. The molecule has 346 valence electrons. The third-order valence-electron chi connectivity index (χ3n) is 14.0. The van der Waals surface area contributed by atoms with Crippen molar-refractivity contribution in [2.24, 2.45) is 17.8 Å². The van der Waals surface area contributed by atoms with Gasteiger partial charge in [-0.25, -0.2) is 19.3 Å². The summed E-state index contributed by atoms with van der Waals surface area (Å²) >= 11 is 0. The van der Waals surface area contributed by atoms with E-state index in [-0.39, 0.29) is 36.9 Å². The van der Waals surface area contributed by atoms with Crippen molar-refractivity contribution in [3.05, 3.63) is 36.5 Å². The Bertz CT molecular complexity index is 2170. The van der Waals surface area contributed by atoms with Crippen LogP contribution in [0.1, 0.15) is 90.9 Å². The molecule has 5 heterocycles. The summed E-state index contributed by atoms with van der Waals surface area (Å²) in [5, 5.41) is 14.8. The molecule has 17 nitrogen and oxygen atoms in total. The first-order valence-electron chi connectivity index (χ1n) is 23.6. The van der Waals surface area contributed by atoms with Crippen molar-refractivity contribution in [2.75, 3.05) is 58.4 Å². The Kier molecular flexibility index (Phi) is 13.2. The van der Waals surface area contributed by atoms with Gasteiger partial charge in [-0.1, -0.05) is 32.1 Å². The standard InChI is InChI=1S/C47H64N8O9/c1-29(2)48-41-13-14-55(52-41)42-26-40(36-12-11-33(24-38(36)49-42)62-20-17-53-15-18-61-19-16-53)63-35-25-39-43(56)51-47(45(58)60-3)27-32(47)9-7-5-4-6-8-10-37(44(57)54(39)28-35)50-46(59)64-34-22-30-21-31(30)23-34/h11-14,24,26,29-32,34-35,37,39H,4-10,15-23,25,27-28H2,1-3H3,(H,48,52)(H,50,59)(H,51,56)/t30-,31+,32-,34?,35-,37+,39+,47-/m1/s1. The van der Waals surface area contributed by atoms with Gasteiger partial charge in [-0.05, 0) is 82.3 Å². The molecule has 3 saturated carbocycles. The lowest BCUT2D eigenvalue weighted by Gasteiger charge is -2.29. The minimum atomic E-state index is -1.14. The number of morpholine rings is 1. The predicted octanol–water partition coefficient (Wildman–Crippen LogP) is 4.99. The number of aromatic nitrogens is 3. The maximum Gasteiger partial charge on any atom is 0.408 e. The number of pyridine rings is 1. The molecule has 6 aliphatic rings. The van der Waals surface area contributed by atoms with Gasteiger partial charge in [0.15, 0.2) is 5.82 Å². The number of nitrogens with zero attached hydrogens (tertiary/aromatic N) is 5. The molecule has 1 unspecified atom stereocenters. The van der Waals surface area contributed by atoms with Crippen molar-refractivity contribution in [3.8, 4) is 17.3 Å². The lowest BCUT2D eigenvalue weighted by molar-refractivity contribution is -0.148. The number of hydrogen-bond acceptors (Lipinski definition) is 13. The highest BCUT2D eigenvalue weighted by Crippen LogP contribution is 2.52. The number of nitrogens with one attached hydrogen (secondary N) is 3. The zero-order valence-corrected chi connectivity index (χ0v) is 37.4. The Morgan fingerprint density at radius 2 is 1.75 bits per heavy atom. The lowest BCUT2D eigenvalue weighted by atomic mass is 10.0. The van der Waals surface area contributed by atoms with E-state index in [9.17, 15) is 19.2 Å². The molecule has 2 aromatic heterocycles. The van der Waals surface area contributed by atoms with Gasteiger partial charge in [0.1, 0.15) is 53.8 Å². The Morgan fingerprint density at radius 1 is 0.969 bits per heavy atom. The summed E-state index contributed by atoms with van der Waals surface area (Å²) in [6, 6.07) is 7.68. The number of carbonyl (C=O) groups excluding carboxylic acids is 4. The van der Waals surface area contributed by atoms with Crippen LogP contribution >= 0.6 is 0 Å². The van der Waals surface area contributed by atoms with E-state index < -0.39 is 41.7 Å². The van der Waals surface area contributed by atoms with Crippen LogP contribution in [0.5, 0.6) is 11.5 Å². The van der Waals surface area contributed by atoms with Crippen LogP contribution in [-0.4, -0.2) is 137 Å². The van der Waals surface area contributed by atoms with Gasteiger partial charge in [-0.3, -0.25) is 14.5 Å². The predicted molar refractivity (Wildman–Crippen MR) is 236 cm³/mol. The molecule has 0 spiro atoms. The van der Waals surface area contributed by atoms with Crippen LogP contribution in [0.3, 0.4) is 0 Å². The monoisotopic (exact) mass is 884 g/mol. The second-order valence-electron chi connectivity index (χ2n) is 19.0. The van der Waals surface area contributed by atoms with Crippen LogP contribution < -0.4 is 25.4 Å². The van der Waals surface area contributed by atoms with Crippen molar-refractivity contribution < 1.29 is 42.9 Å². The molecule has 0 bridgehead atoms. The molecule has 6 fully saturated rings.